The molecule has 0 spiro atoms. The molecular formula is C16H16BrClN2O. The molecule has 0 heterocycles. The van der Waals surface area contributed by atoms with Gasteiger partial charge in [0.2, 0.25) is 0 Å². The standard InChI is InChI=1S/C16H16BrClN2O/c1-10-6-4-7-11(14(10)17)16(21)19-13-9-5-8-12(18)15(13)20(2)3/h4-9H,1-3H3,(H,19,21). The Morgan fingerprint density at radius 1 is 1.19 bits per heavy atom. The highest BCUT2D eigenvalue weighted by atomic mass is 79.9. The Bertz CT molecular complexity index is 686. The van der Waals surface area contributed by atoms with Crippen molar-refractivity contribution in [1.29, 1.82) is 0 Å². The van der Waals surface area contributed by atoms with Crippen LogP contribution in [0.3, 0.4) is 0 Å². The van der Waals surface area contributed by atoms with Crippen LogP contribution in [0.4, 0.5) is 11.4 Å². The Morgan fingerprint density at radius 3 is 2.52 bits per heavy atom. The van der Waals surface area contributed by atoms with Crippen LogP contribution >= 0.6 is 27.5 Å². The van der Waals surface area contributed by atoms with Crippen molar-refractivity contribution in [1.82, 2.24) is 0 Å². The van der Waals surface area contributed by atoms with E-state index in [9.17, 15) is 4.79 Å². The number of aryl methyl sites for hydroxylation is 1. The van der Waals surface area contributed by atoms with Gasteiger partial charge in [0, 0.05) is 18.6 Å². The van der Waals surface area contributed by atoms with Gasteiger partial charge in [0.05, 0.1) is 22.0 Å². The van der Waals surface area contributed by atoms with E-state index in [0.29, 0.717) is 16.3 Å². The van der Waals surface area contributed by atoms with Crippen molar-refractivity contribution in [2.45, 2.75) is 6.92 Å². The Hall–Kier alpha value is -1.52. The number of para-hydroxylation sites is 1. The first-order valence-electron chi connectivity index (χ1n) is 6.44. The third kappa shape index (κ3) is 3.39. The number of hydrogen-bond acceptors (Lipinski definition) is 2. The van der Waals surface area contributed by atoms with E-state index in [1.54, 1.807) is 12.1 Å². The van der Waals surface area contributed by atoms with Crippen LogP contribution in [0.25, 0.3) is 0 Å². The summed E-state index contributed by atoms with van der Waals surface area (Å²) in [7, 11) is 3.78. The maximum absolute atomic E-state index is 12.5. The zero-order chi connectivity index (χ0) is 15.6. The molecule has 3 nitrogen and oxygen atoms in total. The van der Waals surface area contributed by atoms with Crippen molar-refractivity contribution in [3.8, 4) is 0 Å². The molecule has 2 aromatic rings. The summed E-state index contributed by atoms with van der Waals surface area (Å²) in [5.74, 6) is -0.170. The lowest BCUT2D eigenvalue weighted by atomic mass is 10.1. The van der Waals surface area contributed by atoms with Crippen molar-refractivity contribution in [3.63, 3.8) is 0 Å². The molecule has 0 aliphatic heterocycles. The number of carbonyl (C=O) groups is 1. The van der Waals surface area contributed by atoms with Crippen molar-refractivity contribution < 1.29 is 4.79 Å². The molecule has 0 saturated carbocycles. The second-order valence-electron chi connectivity index (χ2n) is 4.92. The highest BCUT2D eigenvalue weighted by molar-refractivity contribution is 9.10. The third-order valence-electron chi connectivity index (χ3n) is 3.12. The Labute approximate surface area is 138 Å². The van der Waals surface area contributed by atoms with Gasteiger partial charge in [-0.1, -0.05) is 29.8 Å². The summed E-state index contributed by atoms with van der Waals surface area (Å²) in [6, 6.07) is 11.0. The van der Waals surface area contributed by atoms with Gasteiger partial charge in [-0.2, -0.15) is 0 Å². The maximum Gasteiger partial charge on any atom is 0.256 e. The van der Waals surface area contributed by atoms with E-state index in [2.05, 4.69) is 21.2 Å². The molecule has 0 fully saturated rings. The minimum absolute atomic E-state index is 0.170. The Balaban J connectivity index is 2.37. The normalized spacial score (nSPS) is 10.3. The quantitative estimate of drug-likeness (QED) is 0.850. The zero-order valence-corrected chi connectivity index (χ0v) is 14.4. The molecule has 0 aliphatic rings. The van der Waals surface area contributed by atoms with Gasteiger partial charge in [0.15, 0.2) is 0 Å². The molecular weight excluding hydrogens is 352 g/mol. The van der Waals surface area contributed by atoms with Crippen LogP contribution in [-0.2, 0) is 0 Å². The minimum atomic E-state index is -0.170. The highest BCUT2D eigenvalue weighted by Crippen LogP contribution is 2.33. The average Bonchev–Trinajstić information content (AvgIpc) is 2.41. The molecule has 1 N–H and O–H groups in total. The second kappa shape index (κ2) is 6.50. The number of anilines is 2. The molecule has 0 bridgehead atoms. The summed E-state index contributed by atoms with van der Waals surface area (Å²) < 4.78 is 0.802. The first kappa shape index (κ1) is 15.9. The minimum Gasteiger partial charge on any atom is -0.375 e. The first-order valence-corrected chi connectivity index (χ1v) is 7.61. The fourth-order valence-electron chi connectivity index (χ4n) is 2.08. The number of amides is 1. The zero-order valence-electron chi connectivity index (χ0n) is 12.1. The van der Waals surface area contributed by atoms with Gasteiger partial charge in [-0.15, -0.1) is 0 Å². The lowest BCUT2D eigenvalue weighted by molar-refractivity contribution is 0.102. The van der Waals surface area contributed by atoms with Crippen LogP contribution in [0.5, 0.6) is 0 Å². The van der Waals surface area contributed by atoms with Crippen LogP contribution in [0.15, 0.2) is 40.9 Å². The number of carbonyl (C=O) groups excluding carboxylic acids is 1. The number of rotatable bonds is 3. The monoisotopic (exact) mass is 366 g/mol. The first-order chi connectivity index (χ1) is 9.91. The van der Waals surface area contributed by atoms with Crippen molar-refractivity contribution >= 4 is 44.8 Å². The maximum atomic E-state index is 12.5. The molecule has 1 amide bonds. The molecule has 0 unspecified atom stereocenters. The molecule has 0 radical (unpaired) electrons. The van der Waals surface area contributed by atoms with E-state index in [1.165, 1.54) is 0 Å². The molecule has 5 heteroatoms. The summed E-state index contributed by atoms with van der Waals surface area (Å²) in [6.45, 7) is 1.95. The Kier molecular flexibility index (Phi) is 4.91. The van der Waals surface area contributed by atoms with Crippen molar-refractivity contribution in [2.75, 3.05) is 24.3 Å². The average molecular weight is 368 g/mol. The molecule has 2 aromatic carbocycles. The van der Waals surface area contributed by atoms with E-state index < -0.39 is 0 Å². The summed E-state index contributed by atoms with van der Waals surface area (Å²) in [5, 5.41) is 3.52. The van der Waals surface area contributed by atoms with Gasteiger partial charge in [-0.25, -0.2) is 0 Å². The van der Waals surface area contributed by atoms with Gasteiger partial charge in [0.1, 0.15) is 0 Å². The second-order valence-corrected chi connectivity index (χ2v) is 6.12. The van der Waals surface area contributed by atoms with Crippen molar-refractivity contribution in [3.05, 3.63) is 57.0 Å². The SMILES string of the molecule is Cc1cccc(C(=O)Nc2cccc(Cl)c2N(C)C)c1Br. The predicted molar refractivity (Wildman–Crippen MR) is 92.6 cm³/mol. The number of hydrogen-bond donors (Lipinski definition) is 1. The van der Waals surface area contributed by atoms with E-state index in [1.807, 2.05) is 50.2 Å². The number of nitrogens with zero attached hydrogens (tertiary/aromatic N) is 1. The van der Waals surface area contributed by atoms with E-state index >= 15 is 0 Å². The van der Waals surface area contributed by atoms with E-state index in [-0.39, 0.29) is 5.91 Å². The fraction of sp³-hybridized carbons (Fsp3) is 0.188. The molecule has 0 aromatic heterocycles. The van der Waals surface area contributed by atoms with Crippen LogP contribution in [0, 0.1) is 6.92 Å². The molecule has 0 saturated heterocycles. The predicted octanol–water partition coefficient (Wildman–Crippen LogP) is 4.73. The molecule has 21 heavy (non-hydrogen) atoms. The van der Waals surface area contributed by atoms with E-state index in [0.717, 1.165) is 15.7 Å². The van der Waals surface area contributed by atoms with Crippen LogP contribution in [-0.4, -0.2) is 20.0 Å². The summed E-state index contributed by atoms with van der Waals surface area (Å²) in [4.78, 5) is 14.3. The van der Waals surface area contributed by atoms with Crippen LogP contribution < -0.4 is 10.2 Å². The molecule has 2 rings (SSSR count). The fourth-order valence-corrected chi connectivity index (χ4v) is 2.87. The lowest BCUT2D eigenvalue weighted by Crippen LogP contribution is -2.17. The topological polar surface area (TPSA) is 32.3 Å². The number of nitrogens with one attached hydrogen (secondary N) is 1. The largest absolute Gasteiger partial charge is 0.375 e. The third-order valence-corrected chi connectivity index (χ3v) is 4.48. The van der Waals surface area contributed by atoms with Gasteiger partial charge in [0.25, 0.3) is 5.91 Å². The lowest BCUT2D eigenvalue weighted by Gasteiger charge is -2.19. The molecule has 0 atom stereocenters. The highest BCUT2D eigenvalue weighted by Gasteiger charge is 2.15. The number of halogens is 2. The number of benzene rings is 2. The Morgan fingerprint density at radius 2 is 1.86 bits per heavy atom. The van der Waals surface area contributed by atoms with Crippen LogP contribution in [0.1, 0.15) is 15.9 Å². The van der Waals surface area contributed by atoms with Crippen molar-refractivity contribution in [2.24, 2.45) is 0 Å². The van der Waals surface area contributed by atoms with Gasteiger partial charge >= 0.3 is 0 Å². The van der Waals surface area contributed by atoms with Gasteiger partial charge < -0.3 is 10.2 Å². The summed E-state index contributed by atoms with van der Waals surface area (Å²) in [6.07, 6.45) is 0. The van der Waals surface area contributed by atoms with Gasteiger partial charge in [-0.05, 0) is 46.6 Å². The molecule has 0 aliphatic carbocycles. The van der Waals surface area contributed by atoms with Crippen LogP contribution in [0.2, 0.25) is 5.02 Å². The smallest absolute Gasteiger partial charge is 0.256 e. The summed E-state index contributed by atoms with van der Waals surface area (Å²) in [5.41, 5.74) is 3.09. The summed E-state index contributed by atoms with van der Waals surface area (Å²) >= 11 is 9.67. The van der Waals surface area contributed by atoms with E-state index in [4.69, 9.17) is 11.6 Å². The van der Waals surface area contributed by atoms with Gasteiger partial charge in [-0.3, -0.25) is 4.79 Å². The molecule has 110 valence electrons.